The summed E-state index contributed by atoms with van der Waals surface area (Å²) >= 11 is 0. The first kappa shape index (κ1) is 16.5. The minimum Gasteiger partial charge on any atom is -0.496 e. The fraction of sp³-hybridized carbons (Fsp3) is 0.0500. The number of nitrogens with two attached hydrogens (primary N) is 1. The third-order valence-corrected chi connectivity index (χ3v) is 3.81. The predicted molar refractivity (Wildman–Crippen MR) is 97.0 cm³/mol. The minimum absolute atomic E-state index is 0.0175. The Hall–Kier alpha value is -3.34. The zero-order chi connectivity index (χ0) is 17.8. The van der Waals surface area contributed by atoms with Crippen molar-refractivity contribution in [3.05, 3.63) is 83.7 Å². The number of para-hydroxylation sites is 3. The number of nitrogens with one attached hydrogen (secondary N) is 1. The highest BCUT2D eigenvalue weighted by atomic mass is 19.1. The van der Waals surface area contributed by atoms with Crippen molar-refractivity contribution in [2.75, 3.05) is 18.2 Å². The SMILES string of the molecule is COc1ccccc1C(=O)c1ccc(Nc2ccccc2N)cc1F. The average Bonchev–Trinajstić information content (AvgIpc) is 2.63. The van der Waals surface area contributed by atoms with E-state index in [-0.39, 0.29) is 5.56 Å². The normalized spacial score (nSPS) is 10.3. The summed E-state index contributed by atoms with van der Waals surface area (Å²) in [4.78, 5) is 12.6. The molecule has 0 atom stereocenters. The maximum atomic E-state index is 14.5. The fourth-order valence-electron chi connectivity index (χ4n) is 2.52. The average molecular weight is 336 g/mol. The number of benzene rings is 3. The van der Waals surface area contributed by atoms with E-state index in [9.17, 15) is 9.18 Å². The summed E-state index contributed by atoms with van der Waals surface area (Å²) in [6.07, 6.45) is 0. The van der Waals surface area contributed by atoms with E-state index in [1.165, 1.54) is 19.2 Å². The second kappa shape index (κ2) is 7.05. The molecule has 5 heteroatoms. The van der Waals surface area contributed by atoms with E-state index < -0.39 is 11.6 Å². The zero-order valence-corrected chi connectivity index (χ0v) is 13.6. The number of hydrogen-bond acceptors (Lipinski definition) is 4. The molecule has 3 rings (SSSR count). The topological polar surface area (TPSA) is 64.3 Å². The second-order valence-electron chi connectivity index (χ2n) is 5.44. The molecule has 0 aliphatic carbocycles. The van der Waals surface area contributed by atoms with Gasteiger partial charge >= 0.3 is 0 Å². The fourth-order valence-corrected chi connectivity index (χ4v) is 2.52. The Balaban J connectivity index is 1.90. The molecular weight excluding hydrogens is 319 g/mol. The van der Waals surface area contributed by atoms with Gasteiger partial charge in [-0.25, -0.2) is 4.39 Å². The Labute approximate surface area is 145 Å². The van der Waals surface area contributed by atoms with Crippen LogP contribution in [0.4, 0.5) is 21.5 Å². The summed E-state index contributed by atoms with van der Waals surface area (Å²) < 4.78 is 19.7. The van der Waals surface area contributed by atoms with Crippen molar-refractivity contribution >= 4 is 22.8 Å². The van der Waals surface area contributed by atoms with Crippen LogP contribution in [0, 0.1) is 5.82 Å². The summed E-state index contributed by atoms with van der Waals surface area (Å²) in [5.74, 6) is -0.637. The van der Waals surface area contributed by atoms with Gasteiger partial charge < -0.3 is 15.8 Å². The molecule has 0 heterocycles. The molecule has 0 aromatic heterocycles. The number of halogens is 1. The molecule has 3 aromatic rings. The first-order chi connectivity index (χ1) is 12.1. The Morgan fingerprint density at radius 1 is 1.00 bits per heavy atom. The lowest BCUT2D eigenvalue weighted by Crippen LogP contribution is -2.07. The summed E-state index contributed by atoms with van der Waals surface area (Å²) in [5, 5.41) is 3.04. The van der Waals surface area contributed by atoms with Gasteiger partial charge in [0, 0.05) is 5.69 Å². The van der Waals surface area contributed by atoms with Crippen LogP contribution in [0.1, 0.15) is 15.9 Å². The molecule has 0 radical (unpaired) electrons. The Bertz CT molecular complexity index is 925. The lowest BCUT2D eigenvalue weighted by atomic mass is 10.0. The molecule has 3 aromatic carbocycles. The predicted octanol–water partition coefficient (Wildman–Crippen LogP) is 4.39. The van der Waals surface area contributed by atoms with Crippen molar-refractivity contribution in [1.29, 1.82) is 0 Å². The number of carbonyl (C=O) groups is 1. The van der Waals surface area contributed by atoms with Gasteiger partial charge in [-0.2, -0.15) is 0 Å². The monoisotopic (exact) mass is 336 g/mol. The van der Waals surface area contributed by atoms with Crippen LogP contribution in [0.3, 0.4) is 0 Å². The van der Waals surface area contributed by atoms with E-state index in [1.54, 1.807) is 42.5 Å². The molecule has 0 saturated heterocycles. The zero-order valence-electron chi connectivity index (χ0n) is 13.6. The Morgan fingerprint density at radius 3 is 2.44 bits per heavy atom. The smallest absolute Gasteiger partial charge is 0.199 e. The summed E-state index contributed by atoms with van der Waals surface area (Å²) in [5.41, 5.74) is 7.90. The third kappa shape index (κ3) is 3.45. The van der Waals surface area contributed by atoms with E-state index in [2.05, 4.69) is 5.32 Å². The molecule has 25 heavy (non-hydrogen) atoms. The number of nitrogen functional groups attached to an aromatic ring is 1. The molecule has 0 aliphatic heterocycles. The van der Waals surface area contributed by atoms with Crippen molar-refractivity contribution < 1.29 is 13.9 Å². The van der Waals surface area contributed by atoms with Gasteiger partial charge in [0.15, 0.2) is 5.78 Å². The Morgan fingerprint density at radius 2 is 1.72 bits per heavy atom. The highest BCUT2D eigenvalue weighted by Gasteiger charge is 2.18. The van der Waals surface area contributed by atoms with E-state index >= 15 is 0 Å². The van der Waals surface area contributed by atoms with Crippen LogP contribution >= 0.6 is 0 Å². The first-order valence-electron chi connectivity index (χ1n) is 7.69. The minimum atomic E-state index is -0.615. The van der Waals surface area contributed by atoms with E-state index in [4.69, 9.17) is 10.5 Å². The molecule has 0 aliphatic rings. The number of hydrogen-bond donors (Lipinski definition) is 2. The molecule has 0 unspecified atom stereocenters. The molecule has 126 valence electrons. The molecular formula is C20H17FN2O2. The maximum Gasteiger partial charge on any atom is 0.199 e. The lowest BCUT2D eigenvalue weighted by molar-refractivity contribution is 0.103. The number of ether oxygens (including phenoxy) is 1. The molecule has 3 N–H and O–H groups in total. The van der Waals surface area contributed by atoms with Crippen molar-refractivity contribution in [1.82, 2.24) is 0 Å². The Kier molecular flexibility index (Phi) is 4.66. The largest absolute Gasteiger partial charge is 0.496 e. The number of methoxy groups -OCH3 is 1. The number of carbonyl (C=O) groups excluding carboxylic acids is 1. The van der Waals surface area contributed by atoms with Gasteiger partial charge in [-0.15, -0.1) is 0 Å². The van der Waals surface area contributed by atoms with E-state index in [0.29, 0.717) is 28.4 Å². The second-order valence-corrected chi connectivity index (χ2v) is 5.44. The van der Waals surface area contributed by atoms with Crippen LogP contribution in [-0.2, 0) is 0 Å². The maximum absolute atomic E-state index is 14.5. The van der Waals surface area contributed by atoms with Gasteiger partial charge in [-0.3, -0.25) is 4.79 Å². The molecule has 4 nitrogen and oxygen atoms in total. The third-order valence-electron chi connectivity index (χ3n) is 3.81. The van der Waals surface area contributed by atoms with Gasteiger partial charge in [-0.1, -0.05) is 24.3 Å². The molecule has 0 bridgehead atoms. The van der Waals surface area contributed by atoms with Crippen LogP contribution in [0.5, 0.6) is 5.75 Å². The standard InChI is InChI=1S/C20H17FN2O2/c1-25-19-9-5-2-6-15(19)20(24)14-11-10-13(12-16(14)21)23-18-8-4-3-7-17(18)22/h2-12,23H,22H2,1H3. The molecule has 0 amide bonds. The number of anilines is 3. The van der Waals surface area contributed by atoms with Gasteiger partial charge in [0.05, 0.1) is 29.6 Å². The van der Waals surface area contributed by atoms with Gasteiger partial charge in [0.25, 0.3) is 0 Å². The molecule has 0 saturated carbocycles. The van der Waals surface area contributed by atoms with Crippen LogP contribution in [0.25, 0.3) is 0 Å². The van der Waals surface area contributed by atoms with Crippen LogP contribution < -0.4 is 15.8 Å². The van der Waals surface area contributed by atoms with Crippen LogP contribution in [0.2, 0.25) is 0 Å². The summed E-state index contributed by atoms with van der Waals surface area (Å²) in [6.45, 7) is 0. The summed E-state index contributed by atoms with van der Waals surface area (Å²) in [7, 11) is 1.47. The summed E-state index contributed by atoms with van der Waals surface area (Å²) in [6, 6.07) is 18.3. The number of rotatable bonds is 5. The highest BCUT2D eigenvalue weighted by Crippen LogP contribution is 2.26. The van der Waals surface area contributed by atoms with Crippen molar-refractivity contribution in [2.24, 2.45) is 0 Å². The van der Waals surface area contributed by atoms with Crippen molar-refractivity contribution in [3.8, 4) is 5.75 Å². The molecule has 0 fully saturated rings. The van der Waals surface area contributed by atoms with Gasteiger partial charge in [0.2, 0.25) is 0 Å². The van der Waals surface area contributed by atoms with Crippen LogP contribution in [-0.4, -0.2) is 12.9 Å². The highest BCUT2D eigenvalue weighted by molar-refractivity contribution is 6.11. The lowest BCUT2D eigenvalue weighted by Gasteiger charge is -2.11. The van der Waals surface area contributed by atoms with E-state index in [1.807, 2.05) is 12.1 Å². The van der Waals surface area contributed by atoms with Crippen molar-refractivity contribution in [3.63, 3.8) is 0 Å². The number of ketones is 1. The van der Waals surface area contributed by atoms with E-state index in [0.717, 1.165) is 0 Å². The quantitative estimate of drug-likeness (QED) is 0.536. The van der Waals surface area contributed by atoms with Gasteiger partial charge in [0.1, 0.15) is 11.6 Å². The van der Waals surface area contributed by atoms with Gasteiger partial charge in [-0.05, 0) is 42.5 Å². The van der Waals surface area contributed by atoms with Crippen LogP contribution in [0.15, 0.2) is 66.7 Å². The molecule has 0 spiro atoms. The van der Waals surface area contributed by atoms with Crippen molar-refractivity contribution in [2.45, 2.75) is 0 Å². The first-order valence-corrected chi connectivity index (χ1v) is 7.69.